The van der Waals surface area contributed by atoms with Crippen molar-refractivity contribution < 1.29 is 18.3 Å². The number of hydrogen-bond donors (Lipinski definition) is 1. The molecular formula is C22H24F3NO. The lowest BCUT2D eigenvalue weighted by Crippen LogP contribution is -2.12. The number of hydrogen-bond acceptors (Lipinski definition) is 2. The summed E-state index contributed by atoms with van der Waals surface area (Å²) in [4.78, 5) is 1.81. The van der Waals surface area contributed by atoms with Gasteiger partial charge in [0, 0.05) is 19.8 Å². The van der Waals surface area contributed by atoms with Crippen molar-refractivity contribution in [2.75, 3.05) is 19.0 Å². The molecule has 0 aliphatic heterocycles. The third-order valence-electron chi connectivity index (χ3n) is 4.08. The molecule has 0 unspecified atom stereocenters. The van der Waals surface area contributed by atoms with Gasteiger partial charge in [-0.05, 0) is 60.7 Å². The molecule has 0 saturated heterocycles. The average Bonchev–Trinajstić information content (AvgIpc) is 2.61. The zero-order chi connectivity index (χ0) is 19.9. The first-order valence-electron chi connectivity index (χ1n) is 8.78. The fourth-order valence-corrected chi connectivity index (χ4v) is 2.64. The molecule has 5 heteroatoms. The molecule has 0 radical (unpaired) electrons. The van der Waals surface area contributed by atoms with Gasteiger partial charge in [-0.1, -0.05) is 36.4 Å². The van der Waals surface area contributed by atoms with Crippen LogP contribution in [0.15, 0.2) is 54.6 Å². The number of alkyl halides is 3. The Morgan fingerprint density at radius 2 is 1.56 bits per heavy atom. The summed E-state index contributed by atoms with van der Waals surface area (Å²) >= 11 is 0. The molecule has 0 aliphatic rings. The lowest BCUT2D eigenvalue weighted by atomic mass is 10.1. The van der Waals surface area contributed by atoms with Crippen molar-refractivity contribution in [3.63, 3.8) is 0 Å². The molecule has 0 aliphatic carbocycles. The molecule has 1 N–H and O–H groups in total. The fraction of sp³-hybridized carbons (Fsp3) is 0.273. The fourth-order valence-electron chi connectivity index (χ4n) is 2.64. The van der Waals surface area contributed by atoms with Crippen LogP contribution >= 0.6 is 0 Å². The first-order valence-corrected chi connectivity index (χ1v) is 8.78. The number of rotatable bonds is 7. The SMILES string of the molecule is CN(C)c1ccc(C(F)(F)F)cc1/C=C/CCC/C=C/c1ccc(O)cc1. The first kappa shape index (κ1) is 20.6. The first-order chi connectivity index (χ1) is 12.8. The van der Waals surface area contributed by atoms with Gasteiger partial charge < -0.3 is 10.0 Å². The Hall–Kier alpha value is -2.69. The Morgan fingerprint density at radius 3 is 2.15 bits per heavy atom. The highest BCUT2D eigenvalue weighted by Crippen LogP contribution is 2.33. The maximum Gasteiger partial charge on any atom is 0.416 e. The van der Waals surface area contributed by atoms with Crippen LogP contribution in [0.5, 0.6) is 5.75 Å². The zero-order valence-corrected chi connectivity index (χ0v) is 15.5. The van der Waals surface area contributed by atoms with E-state index in [9.17, 15) is 18.3 Å². The van der Waals surface area contributed by atoms with Crippen LogP contribution in [0.1, 0.15) is 36.0 Å². The number of phenolic OH excluding ortho intramolecular Hbond substituents is 1. The lowest BCUT2D eigenvalue weighted by molar-refractivity contribution is -0.137. The molecule has 0 aromatic heterocycles. The van der Waals surface area contributed by atoms with Gasteiger partial charge in [-0.15, -0.1) is 0 Å². The van der Waals surface area contributed by atoms with Crippen LogP contribution < -0.4 is 4.90 Å². The molecular weight excluding hydrogens is 351 g/mol. The summed E-state index contributed by atoms with van der Waals surface area (Å²) in [5.41, 5.74) is 1.70. The van der Waals surface area contributed by atoms with Gasteiger partial charge >= 0.3 is 6.18 Å². The van der Waals surface area contributed by atoms with Gasteiger partial charge in [0.1, 0.15) is 5.75 Å². The minimum Gasteiger partial charge on any atom is -0.508 e. The highest BCUT2D eigenvalue weighted by Gasteiger charge is 2.30. The van der Waals surface area contributed by atoms with Crippen molar-refractivity contribution in [2.45, 2.75) is 25.4 Å². The van der Waals surface area contributed by atoms with Crippen molar-refractivity contribution in [3.05, 3.63) is 71.3 Å². The van der Waals surface area contributed by atoms with E-state index in [2.05, 4.69) is 6.08 Å². The maximum atomic E-state index is 12.9. The standard InChI is InChI=1S/C22H24F3NO/c1-26(2)21-15-12-19(22(23,24)25)16-18(21)9-7-5-3-4-6-8-17-10-13-20(27)14-11-17/h6-16,27H,3-5H2,1-2H3/b8-6+,9-7+. The molecule has 144 valence electrons. The molecule has 27 heavy (non-hydrogen) atoms. The van der Waals surface area contributed by atoms with Gasteiger partial charge in [-0.2, -0.15) is 13.2 Å². The number of unbranched alkanes of at least 4 members (excludes halogenated alkanes) is 2. The maximum absolute atomic E-state index is 12.9. The van der Waals surface area contributed by atoms with Crippen LogP contribution in [0.3, 0.4) is 0 Å². The predicted octanol–water partition coefficient (Wildman–Crippen LogP) is 6.37. The number of aromatic hydroxyl groups is 1. The van der Waals surface area contributed by atoms with E-state index >= 15 is 0 Å². The summed E-state index contributed by atoms with van der Waals surface area (Å²) in [6.45, 7) is 0. The molecule has 2 nitrogen and oxygen atoms in total. The van der Waals surface area contributed by atoms with Crippen molar-refractivity contribution in [2.24, 2.45) is 0 Å². The van der Waals surface area contributed by atoms with Crippen molar-refractivity contribution in [1.29, 1.82) is 0 Å². The largest absolute Gasteiger partial charge is 0.508 e. The Kier molecular flexibility index (Phi) is 7.11. The van der Waals surface area contributed by atoms with Gasteiger partial charge in [0.05, 0.1) is 5.56 Å². The van der Waals surface area contributed by atoms with E-state index in [0.717, 1.165) is 36.6 Å². The van der Waals surface area contributed by atoms with Crippen LogP contribution in [0.25, 0.3) is 12.2 Å². The summed E-state index contributed by atoms with van der Waals surface area (Å²) in [5.74, 6) is 0.240. The topological polar surface area (TPSA) is 23.5 Å². The zero-order valence-electron chi connectivity index (χ0n) is 15.5. The van der Waals surface area contributed by atoms with Crippen LogP contribution in [0, 0.1) is 0 Å². The second-order valence-corrected chi connectivity index (χ2v) is 6.49. The molecule has 2 rings (SSSR count). The van der Waals surface area contributed by atoms with Crippen molar-refractivity contribution in [3.8, 4) is 5.75 Å². The Morgan fingerprint density at radius 1 is 0.926 bits per heavy atom. The van der Waals surface area contributed by atoms with Gasteiger partial charge in [0.2, 0.25) is 0 Å². The number of benzene rings is 2. The summed E-state index contributed by atoms with van der Waals surface area (Å²) < 4.78 is 38.8. The Labute approximate surface area is 158 Å². The van der Waals surface area contributed by atoms with Gasteiger partial charge in [-0.25, -0.2) is 0 Å². The number of halogens is 3. The second kappa shape index (κ2) is 9.31. The Balaban J connectivity index is 1.92. The number of nitrogens with zero attached hydrogens (tertiary/aromatic N) is 1. The number of phenols is 1. The summed E-state index contributed by atoms with van der Waals surface area (Å²) in [6, 6.07) is 10.8. The van der Waals surface area contributed by atoms with E-state index < -0.39 is 11.7 Å². The van der Waals surface area contributed by atoms with E-state index in [1.54, 1.807) is 23.1 Å². The quantitative estimate of drug-likeness (QED) is 0.568. The van der Waals surface area contributed by atoms with E-state index in [1.807, 2.05) is 38.4 Å². The van der Waals surface area contributed by atoms with Gasteiger partial charge in [0.25, 0.3) is 0 Å². The lowest BCUT2D eigenvalue weighted by Gasteiger charge is -2.17. The monoisotopic (exact) mass is 375 g/mol. The van der Waals surface area contributed by atoms with Gasteiger partial charge in [0.15, 0.2) is 0 Å². The normalized spacial score (nSPS) is 12.2. The molecule has 0 fully saturated rings. The molecule has 2 aromatic rings. The average molecular weight is 375 g/mol. The van der Waals surface area contributed by atoms with E-state index in [-0.39, 0.29) is 5.75 Å². The minimum atomic E-state index is -4.34. The molecule has 0 heterocycles. The van der Waals surface area contributed by atoms with Crippen LogP contribution in [0.4, 0.5) is 18.9 Å². The summed E-state index contributed by atoms with van der Waals surface area (Å²) in [6.07, 6.45) is 5.92. The summed E-state index contributed by atoms with van der Waals surface area (Å²) in [7, 11) is 3.63. The van der Waals surface area contributed by atoms with Gasteiger partial charge in [-0.3, -0.25) is 0 Å². The molecule has 0 atom stereocenters. The molecule has 0 saturated carbocycles. The van der Waals surface area contributed by atoms with Crippen LogP contribution in [0.2, 0.25) is 0 Å². The highest BCUT2D eigenvalue weighted by atomic mass is 19.4. The number of anilines is 1. The van der Waals surface area contributed by atoms with Crippen molar-refractivity contribution >= 4 is 17.8 Å². The highest BCUT2D eigenvalue weighted by molar-refractivity contribution is 5.68. The smallest absolute Gasteiger partial charge is 0.416 e. The molecule has 2 aromatic carbocycles. The predicted molar refractivity (Wildman–Crippen MR) is 106 cm³/mol. The van der Waals surface area contributed by atoms with Crippen molar-refractivity contribution in [1.82, 2.24) is 0 Å². The molecule has 0 spiro atoms. The van der Waals surface area contributed by atoms with E-state index in [0.29, 0.717) is 5.56 Å². The summed E-state index contributed by atoms with van der Waals surface area (Å²) in [5, 5.41) is 9.24. The van der Waals surface area contributed by atoms with Crippen LogP contribution in [-0.4, -0.2) is 19.2 Å². The second-order valence-electron chi connectivity index (χ2n) is 6.49. The number of allylic oxidation sites excluding steroid dienone is 2. The third-order valence-corrected chi connectivity index (χ3v) is 4.08. The third kappa shape index (κ3) is 6.51. The Bertz CT molecular complexity index is 790. The van der Waals surface area contributed by atoms with E-state index in [1.165, 1.54) is 12.1 Å². The molecule has 0 amide bonds. The minimum absolute atomic E-state index is 0.240. The van der Waals surface area contributed by atoms with Crippen LogP contribution in [-0.2, 0) is 6.18 Å². The van der Waals surface area contributed by atoms with E-state index in [4.69, 9.17) is 0 Å². The molecule has 0 bridgehead atoms.